The van der Waals surface area contributed by atoms with Gasteiger partial charge in [-0.3, -0.25) is 0 Å². The number of ether oxygens (including phenoxy) is 2. The second-order valence-electron chi connectivity index (χ2n) is 3.67. The second kappa shape index (κ2) is 6.16. The largest absolute Gasteiger partial charge is 0.496 e. The molecule has 3 heteroatoms. The quantitative estimate of drug-likeness (QED) is 0.567. The van der Waals surface area contributed by atoms with Crippen LogP contribution in [-0.2, 0) is 4.74 Å². The molecule has 0 bridgehead atoms. The number of aryl methyl sites for hydroxylation is 1. The van der Waals surface area contributed by atoms with Crippen molar-refractivity contribution >= 4 is 5.97 Å². The second-order valence-corrected chi connectivity index (χ2v) is 3.67. The number of unbranched alkanes of at least 4 members (excludes halogenated alkanes) is 1. The standard InChI is InChI=1S/C13H18O3/c1-4-5-8-16-13(14)11-7-6-10(2)12(9-11)15-3/h6-7,9H,4-5,8H2,1-3H3. The van der Waals surface area contributed by atoms with Crippen LogP contribution in [0.3, 0.4) is 0 Å². The maximum Gasteiger partial charge on any atom is 0.338 e. The number of hydrogen-bond acceptors (Lipinski definition) is 3. The summed E-state index contributed by atoms with van der Waals surface area (Å²) in [5.41, 5.74) is 1.55. The van der Waals surface area contributed by atoms with Crippen molar-refractivity contribution in [3.05, 3.63) is 29.3 Å². The summed E-state index contributed by atoms with van der Waals surface area (Å²) in [5.74, 6) is 0.427. The lowest BCUT2D eigenvalue weighted by atomic mass is 10.1. The average molecular weight is 222 g/mol. The van der Waals surface area contributed by atoms with Crippen LogP contribution < -0.4 is 4.74 Å². The molecule has 0 radical (unpaired) electrons. The summed E-state index contributed by atoms with van der Waals surface area (Å²) in [5, 5.41) is 0. The van der Waals surface area contributed by atoms with Gasteiger partial charge in [0.2, 0.25) is 0 Å². The Balaban J connectivity index is 2.68. The fourth-order valence-electron chi connectivity index (χ4n) is 1.34. The monoisotopic (exact) mass is 222 g/mol. The van der Waals surface area contributed by atoms with Crippen molar-refractivity contribution < 1.29 is 14.3 Å². The van der Waals surface area contributed by atoms with E-state index in [4.69, 9.17) is 9.47 Å². The van der Waals surface area contributed by atoms with Crippen LogP contribution in [0, 0.1) is 6.92 Å². The molecule has 0 aromatic heterocycles. The topological polar surface area (TPSA) is 35.5 Å². The summed E-state index contributed by atoms with van der Waals surface area (Å²) in [6.07, 6.45) is 1.92. The first-order valence-corrected chi connectivity index (χ1v) is 5.50. The third-order valence-corrected chi connectivity index (χ3v) is 2.37. The molecule has 0 N–H and O–H groups in total. The van der Waals surface area contributed by atoms with E-state index >= 15 is 0 Å². The van der Waals surface area contributed by atoms with Crippen LogP contribution >= 0.6 is 0 Å². The molecule has 0 aliphatic rings. The first kappa shape index (κ1) is 12.6. The Morgan fingerprint density at radius 3 is 2.75 bits per heavy atom. The van der Waals surface area contributed by atoms with E-state index in [1.807, 2.05) is 13.0 Å². The van der Waals surface area contributed by atoms with Gasteiger partial charge in [0.15, 0.2) is 0 Å². The van der Waals surface area contributed by atoms with Crippen molar-refractivity contribution in [2.24, 2.45) is 0 Å². The molecule has 16 heavy (non-hydrogen) atoms. The van der Waals surface area contributed by atoms with E-state index in [0.29, 0.717) is 17.9 Å². The maximum absolute atomic E-state index is 11.6. The van der Waals surface area contributed by atoms with Gasteiger partial charge in [0, 0.05) is 0 Å². The molecule has 88 valence electrons. The van der Waals surface area contributed by atoms with Crippen LogP contribution in [0.4, 0.5) is 0 Å². The molecule has 0 aliphatic carbocycles. The van der Waals surface area contributed by atoms with Crippen molar-refractivity contribution in [1.82, 2.24) is 0 Å². The van der Waals surface area contributed by atoms with Gasteiger partial charge in [-0.15, -0.1) is 0 Å². The van der Waals surface area contributed by atoms with Gasteiger partial charge in [-0.2, -0.15) is 0 Å². The molecule has 1 aromatic carbocycles. The third kappa shape index (κ3) is 3.26. The van der Waals surface area contributed by atoms with Gasteiger partial charge in [0.25, 0.3) is 0 Å². The van der Waals surface area contributed by atoms with E-state index in [0.717, 1.165) is 18.4 Å². The number of benzene rings is 1. The van der Waals surface area contributed by atoms with E-state index in [-0.39, 0.29) is 5.97 Å². The normalized spacial score (nSPS) is 9.94. The molecule has 0 amide bonds. The first-order valence-electron chi connectivity index (χ1n) is 5.50. The Kier molecular flexibility index (Phi) is 4.83. The summed E-state index contributed by atoms with van der Waals surface area (Å²) < 4.78 is 10.3. The van der Waals surface area contributed by atoms with Crippen molar-refractivity contribution in [2.75, 3.05) is 13.7 Å². The average Bonchev–Trinajstić information content (AvgIpc) is 2.30. The van der Waals surface area contributed by atoms with Crippen LogP contribution in [0.5, 0.6) is 5.75 Å². The molecular formula is C13H18O3. The van der Waals surface area contributed by atoms with Crippen LogP contribution in [0.2, 0.25) is 0 Å². The molecule has 0 spiro atoms. The lowest BCUT2D eigenvalue weighted by Gasteiger charge is -2.07. The Morgan fingerprint density at radius 2 is 2.12 bits per heavy atom. The number of esters is 1. The fraction of sp³-hybridized carbons (Fsp3) is 0.462. The minimum absolute atomic E-state index is 0.285. The highest BCUT2D eigenvalue weighted by molar-refractivity contribution is 5.90. The lowest BCUT2D eigenvalue weighted by molar-refractivity contribution is 0.0499. The summed E-state index contributed by atoms with van der Waals surface area (Å²) in [7, 11) is 1.59. The van der Waals surface area contributed by atoms with Crippen molar-refractivity contribution in [3.63, 3.8) is 0 Å². The van der Waals surface area contributed by atoms with Gasteiger partial charge in [-0.1, -0.05) is 19.4 Å². The molecule has 0 aliphatic heterocycles. The molecule has 0 atom stereocenters. The molecule has 0 saturated heterocycles. The minimum atomic E-state index is -0.285. The highest BCUT2D eigenvalue weighted by Gasteiger charge is 2.09. The number of rotatable bonds is 5. The summed E-state index contributed by atoms with van der Waals surface area (Å²) in [4.78, 5) is 11.6. The van der Waals surface area contributed by atoms with Gasteiger partial charge in [0.1, 0.15) is 5.75 Å². The maximum atomic E-state index is 11.6. The van der Waals surface area contributed by atoms with Crippen molar-refractivity contribution in [3.8, 4) is 5.75 Å². The predicted octanol–water partition coefficient (Wildman–Crippen LogP) is 2.96. The molecule has 3 nitrogen and oxygen atoms in total. The molecule has 0 fully saturated rings. The zero-order chi connectivity index (χ0) is 12.0. The van der Waals surface area contributed by atoms with Crippen LogP contribution in [0.25, 0.3) is 0 Å². The summed E-state index contributed by atoms with van der Waals surface area (Å²) in [6, 6.07) is 5.32. The SMILES string of the molecule is CCCCOC(=O)c1ccc(C)c(OC)c1. The Labute approximate surface area is 96.4 Å². The molecule has 1 aromatic rings. The van der Waals surface area contributed by atoms with Gasteiger partial charge < -0.3 is 9.47 Å². The van der Waals surface area contributed by atoms with Crippen molar-refractivity contribution in [1.29, 1.82) is 0 Å². The highest BCUT2D eigenvalue weighted by atomic mass is 16.5. The fourth-order valence-corrected chi connectivity index (χ4v) is 1.34. The van der Waals surface area contributed by atoms with Gasteiger partial charge in [-0.05, 0) is 31.0 Å². The summed E-state index contributed by atoms with van der Waals surface area (Å²) >= 11 is 0. The zero-order valence-electron chi connectivity index (χ0n) is 10.1. The van der Waals surface area contributed by atoms with E-state index in [2.05, 4.69) is 6.92 Å². The lowest BCUT2D eigenvalue weighted by Crippen LogP contribution is -2.06. The van der Waals surface area contributed by atoms with E-state index < -0.39 is 0 Å². The Bertz CT molecular complexity index is 358. The predicted molar refractivity (Wildman–Crippen MR) is 62.9 cm³/mol. The van der Waals surface area contributed by atoms with Gasteiger partial charge in [-0.25, -0.2) is 4.79 Å². The molecule has 0 unspecified atom stereocenters. The van der Waals surface area contributed by atoms with Crippen LogP contribution in [-0.4, -0.2) is 19.7 Å². The molecule has 0 saturated carbocycles. The molecular weight excluding hydrogens is 204 g/mol. The first-order chi connectivity index (χ1) is 7.69. The van der Waals surface area contributed by atoms with Gasteiger partial charge >= 0.3 is 5.97 Å². The van der Waals surface area contributed by atoms with Gasteiger partial charge in [0.05, 0.1) is 19.3 Å². The smallest absolute Gasteiger partial charge is 0.338 e. The van der Waals surface area contributed by atoms with Crippen molar-refractivity contribution in [2.45, 2.75) is 26.7 Å². The Morgan fingerprint density at radius 1 is 1.38 bits per heavy atom. The summed E-state index contributed by atoms with van der Waals surface area (Å²) in [6.45, 7) is 4.47. The van der Waals surface area contributed by atoms with E-state index in [1.54, 1.807) is 19.2 Å². The van der Waals surface area contributed by atoms with Crippen LogP contribution in [0.15, 0.2) is 18.2 Å². The minimum Gasteiger partial charge on any atom is -0.496 e. The number of methoxy groups -OCH3 is 1. The number of carbonyl (C=O) groups is 1. The zero-order valence-corrected chi connectivity index (χ0v) is 10.1. The third-order valence-electron chi connectivity index (χ3n) is 2.37. The number of hydrogen-bond donors (Lipinski definition) is 0. The molecule has 0 heterocycles. The molecule has 1 rings (SSSR count). The number of carbonyl (C=O) groups excluding carboxylic acids is 1. The highest BCUT2D eigenvalue weighted by Crippen LogP contribution is 2.19. The Hall–Kier alpha value is -1.51. The van der Waals surface area contributed by atoms with E-state index in [1.165, 1.54) is 0 Å². The van der Waals surface area contributed by atoms with Crippen LogP contribution in [0.1, 0.15) is 35.7 Å². The van der Waals surface area contributed by atoms with E-state index in [9.17, 15) is 4.79 Å².